The molecule has 1 N–H and O–H groups in total. The summed E-state index contributed by atoms with van der Waals surface area (Å²) in [5.74, 6) is -2.36. The van der Waals surface area contributed by atoms with Crippen LogP contribution < -0.4 is 5.32 Å². The third-order valence-corrected chi connectivity index (χ3v) is 3.24. The largest absolute Gasteiger partial charge is 0.471 e. The van der Waals surface area contributed by atoms with Gasteiger partial charge in [0.05, 0.1) is 12.5 Å². The Balaban J connectivity index is 3.95. The first kappa shape index (κ1) is 20.7. The predicted molar refractivity (Wildman–Crippen MR) is 77.2 cm³/mol. The first-order valence-corrected chi connectivity index (χ1v) is 7.84. The molecule has 1 atom stereocenters. The second kappa shape index (κ2) is 11.3. The molecule has 0 radical (unpaired) electrons. The van der Waals surface area contributed by atoms with Gasteiger partial charge in [-0.1, -0.05) is 33.1 Å². The Hall–Kier alpha value is -1.27. The molecule has 0 aliphatic heterocycles. The molecule has 4 nitrogen and oxygen atoms in total. The van der Waals surface area contributed by atoms with Crippen molar-refractivity contribution in [3.05, 3.63) is 0 Å². The van der Waals surface area contributed by atoms with E-state index in [9.17, 15) is 22.8 Å². The van der Waals surface area contributed by atoms with Gasteiger partial charge in [0.1, 0.15) is 0 Å². The van der Waals surface area contributed by atoms with Crippen molar-refractivity contribution in [3.8, 4) is 0 Å². The van der Waals surface area contributed by atoms with Gasteiger partial charge in [-0.3, -0.25) is 9.59 Å². The van der Waals surface area contributed by atoms with Gasteiger partial charge in [-0.05, 0) is 25.7 Å². The minimum atomic E-state index is -4.84. The molecule has 22 heavy (non-hydrogen) atoms. The molecule has 7 heteroatoms. The summed E-state index contributed by atoms with van der Waals surface area (Å²) in [6.45, 7) is 4.35. The number of ether oxygens (including phenoxy) is 1. The van der Waals surface area contributed by atoms with Crippen LogP contribution >= 0.6 is 0 Å². The lowest BCUT2D eigenvalue weighted by molar-refractivity contribution is -0.173. The molecule has 0 rings (SSSR count). The van der Waals surface area contributed by atoms with Crippen LogP contribution in [0.5, 0.6) is 0 Å². The maximum Gasteiger partial charge on any atom is 0.471 e. The van der Waals surface area contributed by atoms with Gasteiger partial charge in [-0.2, -0.15) is 13.2 Å². The highest BCUT2D eigenvalue weighted by molar-refractivity contribution is 5.81. The molecule has 0 aliphatic rings. The molecule has 0 heterocycles. The van der Waals surface area contributed by atoms with E-state index in [1.807, 2.05) is 19.2 Å². The van der Waals surface area contributed by atoms with E-state index in [1.54, 1.807) is 0 Å². The van der Waals surface area contributed by atoms with Gasteiger partial charge in [0.25, 0.3) is 0 Å². The molecule has 1 amide bonds. The van der Waals surface area contributed by atoms with E-state index in [-0.39, 0.29) is 18.4 Å². The van der Waals surface area contributed by atoms with Gasteiger partial charge in [-0.25, -0.2) is 0 Å². The lowest BCUT2D eigenvalue weighted by Gasteiger charge is -2.15. The highest BCUT2D eigenvalue weighted by Gasteiger charge is 2.38. The third kappa shape index (κ3) is 9.63. The number of halogens is 3. The number of alkyl halides is 3. The summed E-state index contributed by atoms with van der Waals surface area (Å²) < 4.78 is 41.1. The van der Waals surface area contributed by atoms with E-state index in [2.05, 4.69) is 0 Å². The number of carbonyl (C=O) groups excluding carboxylic acids is 2. The zero-order chi connectivity index (χ0) is 17.0. The first-order chi connectivity index (χ1) is 10.3. The zero-order valence-corrected chi connectivity index (χ0v) is 13.3. The van der Waals surface area contributed by atoms with Crippen LogP contribution in [0.3, 0.4) is 0 Å². The van der Waals surface area contributed by atoms with E-state index < -0.39 is 12.1 Å². The molecule has 1 unspecified atom stereocenters. The number of esters is 1. The molecule has 0 aliphatic carbocycles. The summed E-state index contributed by atoms with van der Waals surface area (Å²) in [5.41, 5.74) is 0. The first-order valence-electron chi connectivity index (χ1n) is 7.84. The highest BCUT2D eigenvalue weighted by atomic mass is 19.4. The topological polar surface area (TPSA) is 55.4 Å². The average molecular weight is 325 g/mol. The number of unbranched alkanes of at least 4 members (excludes halogenated alkanes) is 2. The summed E-state index contributed by atoms with van der Waals surface area (Å²) in [4.78, 5) is 22.5. The van der Waals surface area contributed by atoms with Crippen molar-refractivity contribution < 1.29 is 27.5 Å². The normalized spacial score (nSPS) is 12.8. The maximum absolute atomic E-state index is 12.0. The fourth-order valence-corrected chi connectivity index (χ4v) is 1.98. The molecule has 130 valence electrons. The van der Waals surface area contributed by atoms with Gasteiger partial charge >= 0.3 is 18.1 Å². The van der Waals surface area contributed by atoms with Crippen LogP contribution in [0.1, 0.15) is 58.8 Å². The van der Waals surface area contributed by atoms with Crippen LogP contribution in [0.15, 0.2) is 0 Å². The number of carbonyl (C=O) groups is 2. The van der Waals surface area contributed by atoms with Crippen LogP contribution in [0.2, 0.25) is 0 Å². The second-order valence-electron chi connectivity index (χ2n) is 5.26. The molecule has 0 bridgehead atoms. The molecule has 0 saturated heterocycles. The fraction of sp³-hybridized carbons (Fsp3) is 0.867. The zero-order valence-electron chi connectivity index (χ0n) is 13.3. The number of hydrogen-bond donors (Lipinski definition) is 1. The summed E-state index contributed by atoms with van der Waals surface area (Å²) in [5, 5.41) is 1.82. The minimum absolute atomic E-state index is 0.0396. The molecule has 0 aromatic carbocycles. The van der Waals surface area contributed by atoms with Crippen LogP contribution in [0.4, 0.5) is 13.2 Å². The van der Waals surface area contributed by atoms with E-state index in [0.717, 1.165) is 19.3 Å². The smallest absolute Gasteiger partial charge is 0.465 e. The van der Waals surface area contributed by atoms with Crippen molar-refractivity contribution in [2.75, 3.05) is 13.2 Å². The van der Waals surface area contributed by atoms with Crippen molar-refractivity contribution in [1.29, 1.82) is 0 Å². The van der Waals surface area contributed by atoms with Crippen molar-refractivity contribution in [1.82, 2.24) is 5.32 Å². The van der Waals surface area contributed by atoms with E-state index >= 15 is 0 Å². The highest BCUT2D eigenvalue weighted by Crippen LogP contribution is 2.17. The van der Waals surface area contributed by atoms with Crippen LogP contribution in [-0.4, -0.2) is 31.2 Å². The maximum atomic E-state index is 12.0. The summed E-state index contributed by atoms with van der Waals surface area (Å²) >= 11 is 0. The Kier molecular flexibility index (Phi) is 10.7. The van der Waals surface area contributed by atoms with Crippen LogP contribution in [-0.2, 0) is 14.3 Å². The lowest BCUT2D eigenvalue weighted by atomic mass is 9.97. The van der Waals surface area contributed by atoms with Gasteiger partial charge in [-0.15, -0.1) is 0 Å². The van der Waals surface area contributed by atoms with Crippen molar-refractivity contribution in [3.63, 3.8) is 0 Å². The van der Waals surface area contributed by atoms with Crippen molar-refractivity contribution in [2.45, 2.75) is 65.0 Å². The molecule has 0 saturated carbocycles. The Morgan fingerprint density at radius 3 is 2.27 bits per heavy atom. The SMILES string of the molecule is CCCCOC(=O)C(CCC)CCCCNC(=O)C(F)(F)F. The second-order valence-corrected chi connectivity index (χ2v) is 5.26. The Bertz CT molecular complexity index is 332. The van der Waals surface area contributed by atoms with Crippen molar-refractivity contribution >= 4 is 11.9 Å². The summed E-state index contributed by atoms with van der Waals surface area (Å²) in [6.07, 6.45) is 0.0430. The van der Waals surface area contributed by atoms with Crippen LogP contribution in [0.25, 0.3) is 0 Å². The van der Waals surface area contributed by atoms with E-state index in [0.29, 0.717) is 32.3 Å². The number of hydrogen-bond acceptors (Lipinski definition) is 3. The molecule has 0 fully saturated rings. The average Bonchev–Trinajstić information content (AvgIpc) is 2.44. The van der Waals surface area contributed by atoms with Gasteiger partial charge < -0.3 is 10.1 Å². The summed E-state index contributed by atoms with van der Waals surface area (Å²) in [6, 6.07) is 0. The Labute approximate surface area is 129 Å². The minimum Gasteiger partial charge on any atom is -0.465 e. The number of rotatable bonds is 11. The molecule has 0 aromatic rings. The Morgan fingerprint density at radius 2 is 1.73 bits per heavy atom. The van der Waals surface area contributed by atoms with Gasteiger partial charge in [0.2, 0.25) is 0 Å². The quantitative estimate of drug-likeness (QED) is 0.466. The predicted octanol–water partition coefficient (Wildman–Crippen LogP) is 3.59. The molecular weight excluding hydrogens is 299 g/mol. The van der Waals surface area contributed by atoms with E-state index in [4.69, 9.17) is 4.74 Å². The van der Waals surface area contributed by atoms with E-state index in [1.165, 1.54) is 0 Å². The van der Waals surface area contributed by atoms with Gasteiger partial charge in [0, 0.05) is 6.54 Å². The lowest BCUT2D eigenvalue weighted by Crippen LogP contribution is -2.37. The number of amides is 1. The molecular formula is C15H26F3NO3. The standard InChI is InChI=1S/C15H26F3NO3/c1-3-5-11-22-13(20)12(8-4-2)9-6-7-10-19-14(21)15(16,17)18/h12H,3-11H2,1-2H3,(H,19,21). The van der Waals surface area contributed by atoms with Gasteiger partial charge in [0.15, 0.2) is 0 Å². The third-order valence-electron chi connectivity index (χ3n) is 3.24. The Morgan fingerprint density at radius 1 is 1.05 bits per heavy atom. The molecule has 0 aromatic heterocycles. The van der Waals surface area contributed by atoms with Crippen LogP contribution in [0, 0.1) is 5.92 Å². The number of nitrogens with one attached hydrogen (secondary N) is 1. The van der Waals surface area contributed by atoms with Crippen molar-refractivity contribution in [2.24, 2.45) is 5.92 Å². The fourth-order valence-electron chi connectivity index (χ4n) is 1.98. The monoisotopic (exact) mass is 325 g/mol. The molecule has 0 spiro atoms. The summed E-state index contributed by atoms with van der Waals surface area (Å²) in [7, 11) is 0.